The van der Waals surface area contributed by atoms with Crippen LogP contribution in [-0.4, -0.2) is 7.05 Å². The number of thiophene rings is 2. The van der Waals surface area contributed by atoms with E-state index in [1.54, 1.807) is 22.7 Å². The van der Waals surface area contributed by atoms with Crippen molar-refractivity contribution in [2.45, 2.75) is 6.04 Å². The van der Waals surface area contributed by atoms with Crippen LogP contribution in [0, 0.1) is 0 Å². The summed E-state index contributed by atoms with van der Waals surface area (Å²) in [5.74, 6) is 0. The van der Waals surface area contributed by atoms with Crippen LogP contribution in [0.4, 0.5) is 0 Å². The monoisotopic (exact) mass is 321 g/mol. The maximum Gasteiger partial charge on any atom is 0.0777 e. The first-order chi connectivity index (χ1) is 7.22. The summed E-state index contributed by atoms with van der Waals surface area (Å²) >= 11 is 13.0. The highest BCUT2D eigenvalue weighted by Gasteiger charge is 2.17. The third-order valence-electron chi connectivity index (χ3n) is 2.07. The zero-order valence-electron chi connectivity index (χ0n) is 7.96. The van der Waals surface area contributed by atoms with E-state index >= 15 is 0 Å². The minimum Gasteiger partial charge on any atom is -0.308 e. The minimum absolute atomic E-state index is 0.203. The molecule has 0 saturated carbocycles. The SMILES string of the molecule is CNC(c1ccc(Br)s1)c1sccc1Cl. The van der Waals surface area contributed by atoms with Crippen molar-refractivity contribution in [2.24, 2.45) is 0 Å². The Labute approximate surface area is 110 Å². The molecule has 1 atom stereocenters. The second-order valence-electron chi connectivity index (χ2n) is 3.00. The zero-order chi connectivity index (χ0) is 10.8. The maximum absolute atomic E-state index is 6.13. The molecule has 0 fully saturated rings. The highest BCUT2D eigenvalue weighted by molar-refractivity contribution is 9.11. The molecule has 0 aliphatic heterocycles. The molecule has 80 valence electrons. The van der Waals surface area contributed by atoms with Crippen LogP contribution in [0.15, 0.2) is 27.4 Å². The summed E-state index contributed by atoms with van der Waals surface area (Å²) in [4.78, 5) is 2.45. The van der Waals surface area contributed by atoms with Crippen LogP contribution in [0.5, 0.6) is 0 Å². The maximum atomic E-state index is 6.13. The highest BCUT2D eigenvalue weighted by Crippen LogP contribution is 2.36. The van der Waals surface area contributed by atoms with Gasteiger partial charge in [0.2, 0.25) is 0 Å². The van der Waals surface area contributed by atoms with Gasteiger partial charge in [-0.05, 0) is 46.6 Å². The van der Waals surface area contributed by atoms with Crippen molar-refractivity contribution >= 4 is 50.2 Å². The summed E-state index contributed by atoms with van der Waals surface area (Å²) < 4.78 is 1.14. The van der Waals surface area contributed by atoms with Gasteiger partial charge in [-0.25, -0.2) is 0 Å². The van der Waals surface area contributed by atoms with Gasteiger partial charge in [-0.3, -0.25) is 0 Å². The molecule has 1 nitrogen and oxygen atoms in total. The molecule has 1 N–H and O–H groups in total. The lowest BCUT2D eigenvalue weighted by Crippen LogP contribution is -2.15. The predicted molar refractivity (Wildman–Crippen MR) is 72.3 cm³/mol. The summed E-state index contributed by atoms with van der Waals surface area (Å²) in [5.41, 5.74) is 0. The standard InChI is InChI=1S/C10H9BrClNS2/c1-13-9(7-2-3-8(11)15-7)10-6(12)4-5-14-10/h2-5,9,13H,1H3. The summed E-state index contributed by atoms with van der Waals surface area (Å²) in [6.45, 7) is 0. The molecule has 0 saturated heterocycles. The Morgan fingerprint density at radius 3 is 2.67 bits per heavy atom. The Bertz CT molecular complexity index is 452. The molecule has 0 aromatic carbocycles. The molecular weight excluding hydrogens is 314 g/mol. The molecule has 0 aliphatic carbocycles. The fourth-order valence-corrected chi connectivity index (χ4v) is 4.31. The Morgan fingerprint density at radius 1 is 1.40 bits per heavy atom. The van der Waals surface area contributed by atoms with Crippen LogP contribution >= 0.6 is 50.2 Å². The summed E-state index contributed by atoms with van der Waals surface area (Å²) in [7, 11) is 1.95. The quantitative estimate of drug-likeness (QED) is 0.875. The molecule has 0 radical (unpaired) electrons. The van der Waals surface area contributed by atoms with E-state index in [4.69, 9.17) is 11.6 Å². The van der Waals surface area contributed by atoms with Crippen LogP contribution in [0.3, 0.4) is 0 Å². The predicted octanol–water partition coefficient (Wildman–Crippen LogP) is 4.53. The number of halogens is 2. The highest BCUT2D eigenvalue weighted by atomic mass is 79.9. The topological polar surface area (TPSA) is 12.0 Å². The van der Waals surface area contributed by atoms with Gasteiger partial charge >= 0.3 is 0 Å². The van der Waals surface area contributed by atoms with E-state index in [1.807, 2.05) is 18.5 Å². The largest absolute Gasteiger partial charge is 0.308 e. The molecular formula is C10H9BrClNS2. The van der Waals surface area contributed by atoms with Crippen molar-refractivity contribution in [1.29, 1.82) is 0 Å². The lowest BCUT2D eigenvalue weighted by atomic mass is 10.2. The first-order valence-electron chi connectivity index (χ1n) is 4.37. The molecule has 2 aromatic heterocycles. The van der Waals surface area contributed by atoms with Gasteiger partial charge in [-0.1, -0.05) is 11.6 Å². The lowest BCUT2D eigenvalue weighted by molar-refractivity contribution is 0.716. The summed E-state index contributed by atoms with van der Waals surface area (Å²) in [6.07, 6.45) is 0. The number of nitrogens with one attached hydrogen (secondary N) is 1. The zero-order valence-corrected chi connectivity index (χ0v) is 11.9. The number of hydrogen-bond acceptors (Lipinski definition) is 3. The molecule has 2 aromatic rings. The third kappa shape index (κ3) is 2.45. The molecule has 0 spiro atoms. The van der Waals surface area contributed by atoms with Gasteiger partial charge in [0.15, 0.2) is 0 Å². The molecule has 0 aliphatic rings. The van der Waals surface area contributed by atoms with Gasteiger partial charge in [0, 0.05) is 9.75 Å². The van der Waals surface area contributed by atoms with Gasteiger partial charge in [0.25, 0.3) is 0 Å². The van der Waals surface area contributed by atoms with Crippen LogP contribution < -0.4 is 5.32 Å². The summed E-state index contributed by atoms with van der Waals surface area (Å²) in [6, 6.07) is 6.32. The van der Waals surface area contributed by atoms with E-state index in [0.717, 1.165) is 8.81 Å². The van der Waals surface area contributed by atoms with Crippen LogP contribution in [-0.2, 0) is 0 Å². The molecule has 15 heavy (non-hydrogen) atoms. The Hall–Kier alpha value is 0.130. The average Bonchev–Trinajstić information content (AvgIpc) is 2.79. The second-order valence-corrected chi connectivity index (χ2v) is 6.85. The smallest absolute Gasteiger partial charge is 0.0777 e. The fourth-order valence-electron chi connectivity index (χ4n) is 1.40. The number of rotatable bonds is 3. The van der Waals surface area contributed by atoms with Gasteiger partial charge in [0.1, 0.15) is 0 Å². The molecule has 0 amide bonds. The van der Waals surface area contributed by atoms with E-state index in [1.165, 1.54) is 9.75 Å². The van der Waals surface area contributed by atoms with Crippen molar-refractivity contribution in [3.63, 3.8) is 0 Å². The third-order valence-corrected chi connectivity index (χ3v) is 5.19. The van der Waals surface area contributed by atoms with Gasteiger partial charge in [-0.15, -0.1) is 22.7 Å². The van der Waals surface area contributed by atoms with Gasteiger partial charge in [-0.2, -0.15) is 0 Å². The van der Waals surface area contributed by atoms with E-state index in [9.17, 15) is 0 Å². The molecule has 1 unspecified atom stereocenters. The van der Waals surface area contributed by atoms with E-state index in [-0.39, 0.29) is 6.04 Å². The van der Waals surface area contributed by atoms with Crippen LogP contribution in [0.2, 0.25) is 5.02 Å². The Morgan fingerprint density at radius 2 is 2.20 bits per heavy atom. The number of hydrogen-bond donors (Lipinski definition) is 1. The first kappa shape index (κ1) is 11.6. The van der Waals surface area contributed by atoms with Crippen molar-refractivity contribution in [2.75, 3.05) is 7.05 Å². The van der Waals surface area contributed by atoms with E-state index in [0.29, 0.717) is 0 Å². The normalized spacial score (nSPS) is 13.0. The summed E-state index contributed by atoms with van der Waals surface area (Å²) in [5, 5.41) is 6.15. The molecule has 5 heteroatoms. The average molecular weight is 323 g/mol. The lowest BCUT2D eigenvalue weighted by Gasteiger charge is -2.12. The van der Waals surface area contributed by atoms with Gasteiger partial charge in [0.05, 0.1) is 14.9 Å². The Balaban J connectivity index is 2.36. The van der Waals surface area contributed by atoms with Crippen LogP contribution in [0.1, 0.15) is 15.8 Å². The minimum atomic E-state index is 0.203. The van der Waals surface area contributed by atoms with Crippen molar-refractivity contribution in [1.82, 2.24) is 5.32 Å². The van der Waals surface area contributed by atoms with Gasteiger partial charge < -0.3 is 5.32 Å². The Kier molecular flexibility index (Phi) is 3.85. The first-order valence-corrected chi connectivity index (χ1v) is 7.24. The van der Waals surface area contributed by atoms with Crippen molar-refractivity contribution in [3.8, 4) is 0 Å². The van der Waals surface area contributed by atoms with Crippen LogP contribution in [0.25, 0.3) is 0 Å². The van der Waals surface area contributed by atoms with Crippen molar-refractivity contribution in [3.05, 3.63) is 42.1 Å². The molecule has 0 bridgehead atoms. The van der Waals surface area contributed by atoms with E-state index in [2.05, 4.69) is 33.4 Å². The van der Waals surface area contributed by atoms with Crippen molar-refractivity contribution < 1.29 is 0 Å². The molecule has 2 heterocycles. The fraction of sp³-hybridized carbons (Fsp3) is 0.200. The second kappa shape index (κ2) is 4.97. The van der Waals surface area contributed by atoms with E-state index < -0.39 is 0 Å². The molecule has 2 rings (SSSR count).